The van der Waals surface area contributed by atoms with Gasteiger partial charge in [0.25, 0.3) is 5.91 Å². The smallest absolute Gasteiger partial charge is 0.338 e. The number of esters is 1. The van der Waals surface area contributed by atoms with E-state index in [1.165, 1.54) is 4.90 Å². The highest BCUT2D eigenvalue weighted by atomic mass is 16.5. The van der Waals surface area contributed by atoms with Crippen LogP contribution < -0.4 is 10.6 Å². The van der Waals surface area contributed by atoms with E-state index in [2.05, 4.69) is 5.10 Å². The van der Waals surface area contributed by atoms with Gasteiger partial charge in [0.1, 0.15) is 0 Å². The van der Waals surface area contributed by atoms with E-state index in [1.54, 1.807) is 47.3 Å². The van der Waals surface area contributed by atoms with Crippen LogP contribution in [0, 0.1) is 0 Å². The average molecular weight is 406 g/mol. The molecule has 0 fully saturated rings. The second kappa shape index (κ2) is 10.0. The number of hydrogen-bond donors (Lipinski definition) is 1. The van der Waals surface area contributed by atoms with Crippen LogP contribution in [0.3, 0.4) is 0 Å². The Labute approximate surface area is 173 Å². The van der Waals surface area contributed by atoms with E-state index in [-0.39, 0.29) is 13.0 Å². The molecule has 0 saturated heterocycles. The van der Waals surface area contributed by atoms with Crippen molar-refractivity contribution in [2.45, 2.75) is 13.0 Å². The zero-order valence-corrected chi connectivity index (χ0v) is 16.3. The predicted molar refractivity (Wildman–Crippen MR) is 111 cm³/mol. The molecule has 30 heavy (non-hydrogen) atoms. The van der Waals surface area contributed by atoms with Gasteiger partial charge in [0.2, 0.25) is 5.91 Å². The van der Waals surface area contributed by atoms with Gasteiger partial charge < -0.3 is 15.4 Å². The fraction of sp³-hybridized carbons (Fsp3) is 0.182. The molecule has 0 aliphatic carbocycles. The Morgan fingerprint density at radius 3 is 2.37 bits per heavy atom. The second-order valence-corrected chi connectivity index (χ2v) is 6.57. The Balaban J connectivity index is 1.59. The van der Waals surface area contributed by atoms with Gasteiger partial charge in [0.15, 0.2) is 6.61 Å². The first kappa shape index (κ1) is 20.8. The summed E-state index contributed by atoms with van der Waals surface area (Å²) in [5.74, 6) is -1.56. The maximum atomic E-state index is 12.6. The number of carbonyl (C=O) groups excluding carboxylic acids is 3. The number of anilines is 1. The lowest BCUT2D eigenvalue weighted by Crippen LogP contribution is -2.37. The van der Waals surface area contributed by atoms with Crippen LogP contribution in [0.1, 0.15) is 22.3 Å². The molecule has 2 N–H and O–H groups in total. The molecule has 8 nitrogen and oxygen atoms in total. The van der Waals surface area contributed by atoms with Crippen molar-refractivity contribution >= 4 is 23.5 Å². The van der Waals surface area contributed by atoms with Gasteiger partial charge in [-0.1, -0.05) is 30.3 Å². The Hall–Kier alpha value is -3.94. The van der Waals surface area contributed by atoms with Gasteiger partial charge in [-0.25, -0.2) is 4.79 Å². The molecule has 0 aliphatic rings. The fourth-order valence-electron chi connectivity index (χ4n) is 2.84. The molecule has 2 aromatic carbocycles. The van der Waals surface area contributed by atoms with Crippen LogP contribution in [0.15, 0.2) is 73.1 Å². The molecule has 154 valence electrons. The molecule has 1 heterocycles. The zero-order valence-electron chi connectivity index (χ0n) is 16.3. The van der Waals surface area contributed by atoms with Crippen molar-refractivity contribution < 1.29 is 19.1 Å². The highest BCUT2D eigenvalue weighted by molar-refractivity contribution is 5.97. The number of nitrogens with two attached hydrogens (primary N) is 1. The molecule has 0 atom stereocenters. The quantitative estimate of drug-likeness (QED) is 0.547. The highest BCUT2D eigenvalue weighted by Gasteiger charge is 2.19. The van der Waals surface area contributed by atoms with Gasteiger partial charge in [-0.3, -0.25) is 14.3 Å². The predicted octanol–water partition coefficient (Wildman–Crippen LogP) is 2.00. The molecule has 1 aromatic heterocycles. The second-order valence-electron chi connectivity index (χ2n) is 6.57. The lowest BCUT2D eigenvalue weighted by atomic mass is 10.1. The summed E-state index contributed by atoms with van der Waals surface area (Å²) in [6.45, 7) is 0.256. The van der Waals surface area contributed by atoms with Crippen molar-refractivity contribution in [3.05, 3.63) is 84.2 Å². The number of rotatable bonds is 9. The Morgan fingerprint density at radius 2 is 1.73 bits per heavy atom. The lowest BCUT2D eigenvalue weighted by Gasteiger charge is -2.22. The van der Waals surface area contributed by atoms with E-state index < -0.39 is 24.4 Å². The van der Waals surface area contributed by atoms with Gasteiger partial charge in [-0.2, -0.15) is 5.10 Å². The first-order valence-corrected chi connectivity index (χ1v) is 9.40. The third-order valence-corrected chi connectivity index (χ3v) is 4.37. The molecule has 8 heteroatoms. The van der Waals surface area contributed by atoms with Crippen LogP contribution in [-0.2, 0) is 20.9 Å². The monoisotopic (exact) mass is 406 g/mol. The summed E-state index contributed by atoms with van der Waals surface area (Å²) in [6.07, 6.45) is 3.56. The zero-order chi connectivity index (χ0) is 21.3. The minimum Gasteiger partial charge on any atom is -0.452 e. The number of para-hydroxylation sites is 1. The number of primary amides is 1. The minimum atomic E-state index is -0.600. The van der Waals surface area contributed by atoms with Crippen molar-refractivity contribution in [3.8, 4) is 0 Å². The number of benzene rings is 2. The van der Waals surface area contributed by atoms with Gasteiger partial charge in [0.05, 0.1) is 12.1 Å². The number of ether oxygens (including phenoxy) is 1. The number of amides is 2. The van der Waals surface area contributed by atoms with E-state index in [9.17, 15) is 14.4 Å². The lowest BCUT2D eigenvalue weighted by molar-refractivity contribution is -0.121. The van der Waals surface area contributed by atoms with Gasteiger partial charge in [0, 0.05) is 31.0 Å². The van der Waals surface area contributed by atoms with E-state index in [1.807, 2.05) is 30.5 Å². The molecule has 3 aromatic rings. The Kier molecular flexibility index (Phi) is 6.94. The largest absolute Gasteiger partial charge is 0.452 e. The summed E-state index contributed by atoms with van der Waals surface area (Å²) in [7, 11) is 0. The molecule has 0 spiro atoms. The van der Waals surface area contributed by atoms with E-state index in [0.29, 0.717) is 17.8 Å². The topological polar surface area (TPSA) is 108 Å². The van der Waals surface area contributed by atoms with Crippen molar-refractivity contribution in [1.29, 1.82) is 0 Å². The number of nitrogens with zero attached hydrogens (tertiary/aromatic N) is 3. The van der Waals surface area contributed by atoms with Crippen molar-refractivity contribution in [2.24, 2.45) is 5.73 Å². The van der Waals surface area contributed by atoms with Crippen molar-refractivity contribution in [1.82, 2.24) is 9.78 Å². The van der Waals surface area contributed by atoms with E-state index >= 15 is 0 Å². The van der Waals surface area contributed by atoms with Crippen molar-refractivity contribution in [2.75, 3.05) is 18.1 Å². The number of carbonyl (C=O) groups is 3. The van der Waals surface area contributed by atoms with Gasteiger partial charge in [-0.05, 0) is 35.9 Å². The summed E-state index contributed by atoms with van der Waals surface area (Å²) >= 11 is 0. The van der Waals surface area contributed by atoms with Crippen LogP contribution >= 0.6 is 0 Å². The van der Waals surface area contributed by atoms with Crippen LogP contribution in [0.25, 0.3) is 0 Å². The SMILES string of the molecule is NC(=O)CCN(C(=O)COC(=O)c1ccc(Cn2cccn2)cc1)c1ccccc1. The van der Waals surface area contributed by atoms with E-state index in [4.69, 9.17) is 10.5 Å². The molecule has 0 unspecified atom stereocenters. The number of aromatic nitrogens is 2. The maximum Gasteiger partial charge on any atom is 0.338 e. The summed E-state index contributed by atoms with van der Waals surface area (Å²) in [6, 6.07) is 17.6. The molecular weight excluding hydrogens is 384 g/mol. The molecule has 0 bridgehead atoms. The molecule has 0 saturated carbocycles. The Morgan fingerprint density at radius 1 is 1.00 bits per heavy atom. The molecular formula is C22H22N4O4. The minimum absolute atomic E-state index is 0.00624. The van der Waals surface area contributed by atoms with Crippen LogP contribution in [0.5, 0.6) is 0 Å². The standard InChI is InChI=1S/C22H22N4O4/c23-20(27)11-14-26(19-5-2-1-3-6-19)21(28)16-30-22(29)18-9-7-17(8-10-18)15-25-13-4-12-24-25/h1-10,12-13H,11,14-16H2,(H2,23,27). The molecule has 0 aliphatic heterocycles. The van der Waals surface area contributed by atoms with Crippen molar-refractivity contribution in [3.63, 3.8) is 0 Å². The third kappa shape index (κ3) is 5.78. The van der Waals surface area contributed by atoms with Crippen LogP contribution in [0.4, 0.5) is 5.69 Å². The van der Waals surface area contributed by atoms with Gasteiger partial charge >= 0.3 is 5.97 Å². The van der Waals surface area contributed by atoms with Crippen LogP contribution in [-0.4, -0.2) is 40.7 Å². The Bertz CT molecular complexity index is 986. The first-order chi connectivity index (χ1) is 14.5. The summed E-state index contributed by atoms with van der Waals surface area (Å²) in [5.41, 5.74) is 7.13. The molecule has 0 radical (unpaired) electrons. The first-order valence-electron chi connectivity index (χ1n) is 9.40. The van der Waals surface area contributed by atoms with Gasteiger partial charge in [-0.15, -0.1) is 0 Å². The maximum absolute atomic E-state index is 12.6. The normalized spacial score (nSPS) is 10.4. The highest BCUT2D eigenvalue weighted by Crippen LogP contribution is 2.14. The number of hydrogen-bond acceptors (Lipinski definition) is 5. The fourth-order valence-corrected chi connectivity index (χ4v) is 2.84. The summed E-state index contributed by atoms with van der Waals surface area (Å²) in [5, 5.41) is 4.14. The molecule has 3 rings (SSSR count). The summed E-state index contributed by atoms with van der Waals surface area (Å²) < 4.78 is 6.96. The summed E-state index contributed by atoms with van der Waals surface area (Å²) in [4.78, 5) is 37.4. The molecule has 2 amide bonds. The van der Waals surface area contributed by atoms with E-state index in [0.717, 1.165) is 5.56 Å². The average Bonchev–Trinajstić information content (AvgIpc) is 3.26. The van der Waals surface area contributed by atoms with Crippen LogP contribution in [0.2, 0.25) is 0 Å². The third-order valence-electron chi connectivity index (χ3n) is 4.37.